The third-order valence-corrected chi connectivity index (χ3v) is 4.72. The first-order chi connectivity index (χ1) is 12.6. The van der Waals surface area contributed by atoms with Crippen molar-refractivity contribution in [2.75, 3.05) is 26.2 Å². The Labute approximate surface area is 153 Å². The van der Waals surface area contributed by atoms with E-state index in [0.717, 1.165) is 42.0 Å². The number of rotatable bonds is 6. The van der Waals surface area contributed by atoms with Gasteiger partial charge in [-0.05, 0) is 36.9 Å². The fourth-order valence-electron chi connectivity index (χ4n) is 3.17. The van der Waals surface area contributed by atoms with Gasteiger partial charge < -0.3 is 14.7 Å². The lowest BCUT2D eigenvalue weighted by molar-refractivity contribution is 0.0697. The van der Waals surface area contributed by atoms with Gasteiger partial charge >= 0.3 is 5.97 Å². The number of benzene rings is 2. The van der Waals surface area contributed by atoms with Crippen LogP contribution in [0.2, 0.25) is 0 Å². The molecule has 5 heteroatoms. The molecule has 26 heavy (non-hydrogen) atoms. The molecular weight excluding hydrogens is 328 g/mol. The van der Waals surface area contributed by atoms with E-state index in [4.69, 9.17) is 9.73 Å². The van der Waals surface area contributed by atoms with Gasteiger partial charge in [0.1, 0.15) is 12.4 Å². The first-order valence-electron chi connectivity index (χ1n) is 8.99. The summed E-state index contributed by atoms with van der Waals surface area (Å²) >= 11 is 0. The molecule has 0 aliphatic carbocycles. The van der Waals surface area contributed by atoms with E-state index in [1.807, 2.05) is 24.3 Å². The SMILES string of the molecule is CCN(CC)CCN=C1c2ccccc2COc2ccc(C(=O)O)cc21. The number of hydrogen-bond donors (Lipinski definition) is 1. The van der Waals surface area contributed by atoms with Crippen LogP contribution in [0.25, 0.3) is 0 Å². The first-order valence-corrected chi connectivity index (χ1v) is 8.99. The number of aromatic carboxylic acids is 1. The lowest BCUT2D eigenvalue weighted by atomic mass is 9.97. The van der Waals surface area contributed by atoms with Crippen LogP contribution in [0.1, 0.15) is 40.9 Å². The molecule has 2 aromatic rings. The van der Waals surface area contributed by atoms with E-state index in [9.17, 15) is 9.90 Å². The Morgan fingerprint density at radius 1 is 1.15 bits per heavy atom. The van der Waals surface area contributed by atoms with Crippen LogP contribution >= 0.6 is 0 Å². The molecule has 0 aromatic heterocycles. The predicted octanol–water partition coefficient (Wildman–Crippen LogP) is 3.46. The van der Waals surface area contributed by atoms with Gasteiger partial charge in [-0.1, -0.05) is 38.1 Å². The maximum atomic E-state index is 11.4. The van der Waals surface area contributed by atoms with Crippen molar-refractivity contribution >= 4 is 11.7 Å². The van der Waals surface area contributed by atoms with Crippen LogP contribution in [0.15, 0.2) is 47.5 Å². The van der Waals surface area contributed by atoms with Gasteiger partial charge in [0.25, 0.3) is 0 Å². The number of hydrogen-bond acceptors (Lipinski definition) is 4. The molecule has 0 saturated carbocycles. The molecular formula is C21H24N2O3. The Kier molecular flexibility index (Phi) is 5.68. The van der Waals surface area contributed by atoms with Gasteiger partial charge in [-0.3, -0.25) is 4.99 Å². The zero-order chi connectivity index (χ0) is 18.5. The molecule has 1 N–H and O–H groups in total. The van der Waals surface area contributed by atoms with Crippen molar-refractivity contribution in [2.45, 2.75) is 20.5 Å². The number of carboxylic acid groups (broad SMARTS) is 1. The third-order valence-electron chi connectivity index (χ3n) is 4.72. The molecule has 2 aromatic carbocycles. The molecule has 0 unspecified atom stereocenters. The number of likely N-dealkylation sites (N-methyl/N-ethyl adjacent to an activating group) is 1. The van der Waals surface area contributed by atoms with E-state index in [1.165, 1.54) is 0 Å². The minimum atomic E-state index is -0.951. The molecule has 136 valence electrons. The van der Waals surface area contributed by atoms with E-state index in [0.29, 0.717) is 18.9 Å². The van der Waals surface area contributed by atoms with Crippen LogP contribution < -0.4 is 4.74 Å². The van der Waals surface area contributed by atoms with Crippen molar-refractivity contribution in [2.24, 2.45) is 4.99 Å². The summed E-state index contributed by atoms with van der Waals surface area (Å²) in [5, 5.41) is 9.36. The van der Waals surface area contributed by atoms with E-state index in [2.05, 4.69) is 18.7 Å². The van der Waals surface area contributed by atoms with Crippen molar-refractivity contribution in [1.29, 1.82) is 0 Å². The summed E-state index contributed by atoms with van der Waals surface area (Å²) in [5.74, 6) is -0.277. The fourth-order valence-corrected chi connectivity index (χ4v) is 3.17. The van der Waals surface area contributed by atoms with Crippen molar-refractivity contribution in [1.82, 2.24) is 4.90 Å². The van der Waals surface area contributed by atoms with Gasteiger partial charge in [0.05, 0.1) is 17.8 Å². The average Bonchev–Trinajstić information content (AvgIpc) is 2.82. The molecule has 0 radical (unpaired) electrons. The topological polar surface area (TPSA) is 62.1 Å². The van der Waals surface area contributed by atoms with Crippen molar-refractivity contribution in [3.63, 3.8) is 0 Å². The molecule has 1 aliphatic rings. The number of carboxylic acids is 1. The molecule has 0 amide bonds. The van der Waals surface area contributed by atoms with E-state index in [-0.39, 0.29) is 5.56 Å². The standard InChI is InChI=1S/C21H24N2O3/c1-3-23(4-2)12-11-22-20-17-8-6-5-7-16(17)14-26-19-10-9-15(21(24)25)13-18(19)20/h5-10,13H,3-4,11-12,14H2,1-2H3,(H,24,25). The van der Waals surface area contributed by atoms with Gasteiger partial charge in [-0.25, -0.2) is 4.79 Å². The van der Waals surface area contributed by atoms with Gasteiger partial charge in [0, 0.05) is 17.7 Å². The Morgan fingerprint density at radius 2 is 1.92 bits per heavy atom. The van der Waals surface area contributed by atoms with Crippen LogP contribution in [-0.4, -0.2) is 47.9 Å². The summed E-state index contributed by atoms with van der Waals surface area (Å²) in [6.45, 7) is 8.22. The van der Waals surface area contributed by atoms with Crippen LogP contribution in [-0.2, 0) is 6.61 Å². The van der Waals surface area contributed by atoms with E-state index >= 15 is 0 Å². The molecule has 0 atom stereocenters. The molecule has 0 bridgehead atoms. The van der Waals surface area contributed by atoms with E-state index in [1.54, 1.807) is 18.2 Å². The number of aliphatic imine (C=N–C) groups is 1. The van der Waals surface area contributed by atoms with Crippen molar-refractivity contribution < 1.29 is 14.6 Å². The largest absolute Gasteiger partial charge is 0.488 e. The van der Waals surface area contributed by atoms with Crippen LogP contribution in [0.5, 0.6) is 5.75 Å². The Morgan fingerprint density at radius 3 is 2.65 bits per heavy atom. The van der Waals surface area contributed by atoms with Gasteiger partial charge in [-0.2, -0.15) is 0 Å². The summed E-state index contributed by atoms with van der Waals surface area (Å²) in [6.07, 6.45) is 0. The molecule has 3 rings (SSSR count). The number of carbonyl (C=O) groups is 1. The summed E-state index contributed by atoms with van der Waals surface area (Å²) < 4.78 is 5.93. The second-order valence-electron chi connectivity index (χ2n) is 6.22. The maximum absolute atomic E-state index is 11.4. The first kappa shape index (κ1) is 18.1. The number of ether oxygens (including phenoxy) is 1. The summed E-state index contributed by atoms with van der Waals surface area (Å²) in [6, 6.07) is 13.0. The van der Waals surface area contributed by atoms with Gasteiger partial charge in [0.15, 0.2) is 0 Å². The second kappa shape index (κ2) is 8.15. The molecule has 0 fully saturated rings. The number of fused-ring (bicyclic) bond motifs is 2. The van der Waals surface area contributed by atoms with Crippen LogP contribution in [0.3, 0.4) is 0 Å². The highest BCUT2D eigenvalue weighted by molar-refractivity contribution is 6.16. The molecule has 1 aliphatic heterocycles. The zero-order valence-corrected chi connectivity index (χ0v) is 15.2. The summed E-state index contributed by atoms with van der Waals surface area (Å²) in [5.41, 5.74) is 3.86. The quantitative estimate of drug-likeness (QED) is 0.865. The van der Waals surface area contributed by atoms with Crippen LogP contribution in [0.4, 0.5) is 0 Å². The Hall–Kier alpha value is -2.66. The second-order valence-corrected chi connectivity index (χ2v) is 6.22. The smallest absolute Gasteiger partial charge is 0.335 e. The van der Waals surface area contributed by atoms with Crippen molar-refractivity contribution in [3.8, 4) is 5.75 Å². The highest BCUT2D eigenvalue weighted by Crippen LogP contribution is 2.30. The Bertz CT molecular complexity index is 826. The summed E-state index contributed by atoms with van der Waals surface area (Å²) in [7, 11) is 0. The Balaban J connectivity index is 2.05. The molecule has 0 saturated heterocycles. The van der Waals surface area contributed by atoms with Gasteiger partial charge in [-0.15, -0.1) is 0 Å². The average molecular weight is 352 g/mol. The summed E-state index contributed by atoms with van der Waals surface area (Å²) in [4.78, 5) is 18.6. The van der Waals surface area contributed by atoms with E-state index < -0.39 is 5.97 Å². The molecule has 0 spiro atoms. The third kappa shape index (κ3) is 3.78. The zero-order valence-electron chi connectivity index (χ0n) is 15.2. The van der Waals surface area contributed by atoms with Crippen molar-refractivity contribution in [3.05, 3.63) is 64.7 Å². The molecule has 1 heterocycles. The van der Waals surface area contributed by atoms with Gasteiger partial charge in [0.2, 0.25) is 0 Å². The highest BCUT2D eigenvalue weighted by Gasteiger charge is 2.21. The predicted molar refractivity (Wildman–Crippen MR) is 102 cm³/mol. The molecule has 5 nitrogen and oxygen atoms in total. The lowest BCUT2D eigenvalue weighted by Gasteiger charge is -2.17. The minimum Gasteiger partial charge on any atom is -0.488 e. The lowest BCUT2D eigenvalue weighted by Crippen LogP contribution is -2.26. The van der Waals surface area contributed by atoms with Crippen LogP contribution in [0, 0.1) is 0 Å². The fraction of sp³-hybridized carbons (Fsp3) is 0.333. The number of nitrogens with zero attached hydrogens (tertiary/aromatic N) is 2. The highest BCUT2D eigenvalue weighted by atomic mass is 16.5. The maximum Gasteiger partial charge on any atom is 0.335 e. The normalized spacial score (nSPS) is 14.5. The minimum absolute atomic E-state index is 0.239. The monoisotopic (exact) mass is 352 g/mol.